The van der Waals surface area contributed by atoms with E-state index in [4.69, 9.17) is 14.2 Å². The van der Waals surface area contributed by atoms with Gasteiger partial charge in [-0.3, -0.25) is 9.69 Å². The predicted molar refractivity (Wildman–Crippen MR) is 90.9 cm³/mol. The zero-order valence-corrected chi connectivity index (χ0v) is 15.3. The molecular formula is C18H32N2O4. The third-order valence-electron chi connectivity index (χ3n) is 6.24. The molecule has 0 radical (unpaired) electrons. The lowest BCUT2D eigenvalue weighted by Crippen LogP contribution is -2.69. The maximum atomic E-state index is 13.0. The molecule has 3 aliphatic rings. The number of morpholine rings is 1. The highest BCUT2D eigenvalue weighted by Crippen LogP contribution is 2.50. The van der Waals surface area contributed by atoms with Crippen molar-refractivity contribution in [2.45, 2.75) is 57.7 Å². The lowest BCUT2D eigenvalue weighted by molar-refractivity contribution is -0.178. The van der Waals surface area contributed by atoms with Gasteiger partial charge in [0.1, 0.15) is 0 Å². The summed E-state index contributed by atoms with van der Waals surface area (Å²) >= 11 is 0. The van der Waals surface area contributed by atoms with E-state index in [9.17, 15) is 4.79 Å². The van der Waals surface area contributed by atoms with Crippen LogP contribution in [0.4, 0.5) is 0 Å². The number of rotatable bonds is 5. The summed E-state index contributed by atoms with van der Waals surface area (Å²) in [6.45, 7) is 11.4. The molecule has 6 heteroatoms. The van der Waals surface area contributed by atoms with E-state index in [0.29, 0.717) is 13.2 Å². The van der Waals surface area contributed by atoms with Crippen LogP contribution in [0.1, 0.15) is 40.0 Å². The van der Waals surface area contributed by atoms with Crippen molar-refractivity contribution in [3.05, 3.63) is 0 Å². The lowest BCUT2D eigenvalue weighted by Gasteiger charge is -2.58. The van der Waals surface area contributed by atoms with Gasteiger partial charge in [-0.15, -0.1) is 0 Å². The molecule has 3 rings (SSSR count). The topological polar surface area (TPSA) is 60.0 Å². The summed E-state index contributed by atoms with van der Waals surface area (Å²) in [5.74, 6) is 0.121. The van der Waals surface area contributed by atoms with Crippen LogP contribution in [-0.4, -0.2) is 74.6 Å². The highest BCUT2D eigenvalue weighted by molar-refractivity contribution is 5.86. The van der Waals surface area contributed by atoms with Crippen LogP contribution < -0.4 is 5.32 Å². The molecule has 2 aliphatic heterocycles. The fourth-order valence-corrected chi connectivity index (χ4v) is 4.41. The van der Waals surface area contributed by atoms with Crippen LogP contribution in [0.15, 0.2) is 0 Å². The number of carbonyl (C=O) groups excluding carboxylic acids is 1. The van der Waals surface area contributed by atoms with Crippen molar-refractivity contribution in [2.75, 3.05) is 46.1 Å². The van der Waals surface area contributed by atoms with Gasteiger partial charge in [0.15, 0.2) is 0 Å². The smallest absolute Gasteiger partial charge is 0.240 e. The summed E-state index contributed by atoms with van der Waals surface area (Å²) in [7, 11) is 0. The van der Waals surface area contributed by atoms with E-state index in [-0.39, 0.29) is 23.5 Å². The largest absolute Gasteiger partial charge is 0.381 e. The molecule has 1 spiro atoms. The Balaban J connectivity index is 1.64. The second kappa shape index (κ2) is 7.28. The minimum atomic E-state index is -0.507. The zero-order valence-electron chi connectivity index (χ0n) is 15.3. The van der Waals surface area contributed by atoms with Gasteiger partial charge in [0.2, 0.25) is 5.91 Å². The standard InChI is InChI=1S/C18H32N2O4/c1-4-24-15-13-14(18(15)5-9-22-10-6-18)19-16(21)17(2,3)20-7-11-23-12-8-20/h14-15H,4-13H2,1-3H3,(H,19,21)/t14-,15-/m0/s1. The average Bonchev–Trinajstić information content (AvgIpc) is 2.62. The Hall–Kier alpha value is -0.690. The van der Waals surface area contributed by atoms with Gasteiger partial charge in [0, 0.05) is 44.4 Å². The summed E-state index contributed by atoms with van der Waals surface area (Å²) in [4.78, 5) is 15.2. The van der Waals surface area contributed by atoms with Crippen molar-refractivity contribution in [3.63, 3.8) is 0 Å². The molecule has 0 aromatic carbocycles. The minimum absolute atomic E-state index is 0.0605. The number of nitrogens with one attached hydrogen (secondary N) is 1. The fraction of sp³-hybridized carbons (Fsp3) is 0.944. The molecule has 24 heavy (non-hydrogen) atoms. The van der Waals surface area contributed by atoms with Crippen LogP contribution in [0.3, 0.4) is 0 Å². The van der Waals surface area contributed by atoms with Gasteiger partial charge in [-0.25, -0.2) is 0 Å². The maximum absolute atomic E-state index is 13.0. The second-order valence-corrected chi connectivity index (χ2v) is 7.71. The second-order valence-electron chi connectivity index (χ2n) is 7.71. The predicted octanol–water partition coefficient (Wildman–Crippen LogP) is 1.19. The Kier molecular flexibility index (Phi) is 5.49. The van der Waals surface area contributed by atoms with Crippen molar-refractivity contribution in [2.24, 2.45) is 5.41 Å². The third-order valence-corrected chi connectivity index (χ3v) is 6.24. The summed E-state index contributed by atoms with van der Waals surface area (Å²) in [5.41, 5.74) is -0.447. The van der Waals surface area contributed by atoms with Gasteiger partial charge in [0.25, 0.3) is 0 Å². The van der Waals surface area contributed by atoms with Gasteiger partial charge in [-0.05, 0) is 40.0 Å². The molecule has 1 N–H and O–H groups in total. The van der Waals surface area contributed by atoms with E-state index in [2.05, 4.69) is 10.2 Å². The van der Waals surface area contributed by atoms with Crippen LogP contribution in [-0.2, 0) is 19.0 Å². The molecule has 3 fully saturated rings. The number of hydrogen-bond donors (Lipinski definition) is 1. The van der Waals surface area contributed by atoms with Crippen LogP contribution in [0.5, 0.6) is 0 Å². The van der Waals surface area contributed by atoms with Gasteiger partial charge in [-0.2, -0.15) is 0 Å². The average molecular weight is 340 g/mol. The molecule has 0 bridgehead atoms. The normalized spacial score (nSPS) is 30.8. The van der Waals surface area contributed by atoms with Crippen LogP contribution in [0, 0.1) is 5.41 Å². The quantitative estimate of drug-likeness (QED) is 0.815. The molecule has 0 aromatic heterocycles. The Labute approximate surface area is 145 Å². The Morgan fingerprint density at radius 2 is 1.83 bits per heavy atom. The summed E-state index contributed by atoms with van der Waals surface area (Å²) in [5, 5.41) is 3.35. The molecule has 1 saturated carbocycles. The first-order chi connectivity index (χ1) is 11.5. The molecule has 2 saturated heterocycles. The van der Waals surface area contributed by atoms with Crippen molar-refractivity contribution >= 4 is 5.91 Å². The molecule has 0 unspecified atom stereocenters. The minimum Gasteiger partial charge on any atom is -0.381 e. The number of amides is 1. The number of ether oxygens (including phenoxy) is 3. The van der Waals surface area contributed by atoms with Crippen LogP contribution in [0.2, 0.25) is 0 Å². The van der Waals surface area contributed by atoms with Crippen molar-refractivity contribution < 1.29 is 19.0 Å². The van der Waals surface area contributed by atoms with Gasteiger partial charge in [0.05, 0.1) is 24.9 Å². The number of carbonyl (C=O) groups is 1. The van der Waals surface area contributed by atoms with Crippen LogP contribution >= 0.6 is 0 Å². The molecule has 138 valence electrons. The highest BCUT2D eigenvalue weighted by atomic mass is 16.5. The summed E-state index contributed by atoms with van der Waals surface area (Å²) in [6, 6.07) is 0.200. The SMILES string of the molecule is CCO[C@H]1C[C@H](NC(=O)C(C)(C)N2CCOCC2)C12CCOCC2. The van der Waals surface area contributed by atoms with Crippen molar-refractivity contribution in [1.82, 2.24) is 10.2 Å². The van der Waals surface area contributed by atoms with E-state index in [1.165, 1.54) is 0 Å². The molecule has 0 aromatic rings. The highest BCUT2D eigenvalue weighted by Gasteiger charge is 2.57. The van der Waals surface area contributed by atoms with Gasteiger partial charge < -0.3 is 19.5 Å². The zero-order chi connectivity index (χ0) is 17.2. The molecule has 2 atom stereocenters. The summed E-state index contributed by atoms with van der Waals surface area (Å²) in [6.07, 6.45) is 3.11. The maximum Gasteiger partial charge on any atom is 0.240 e. The summed E-state index contributed by atoms with van der Waals surface area (Å²) < 4.78 is 16.9. The Bertz CT molecular complexity index is 442. The Morgan fingerprint density at radius 1 is 1.21 bits per heavy atom. The van der Waals surface area contributed by atoms with Crippen LogP contribution in [0.25, 0.3) is 0 Å². The van der Waals surface area contributed by atoms with E-state index < -0.39 is 5.54 Å². The first-order valence-corrected chi connectivity index (χ1v) is 9.34. The Morgan fingerprint density at radius 3 is 2.46 bits per heavy atom. The first-order valence-electron chi connectivity index (χ1n) is 9.34. The van der Waals surface area contributed by atoms with E-state index in [0.717, 1.165) is 52.2 Å². The molecule has 1 amide bonds. The first kappa shape index (κ1) is 18.1. The lowest BCUT2D eigenvalue weighted by atomic mass is 9.57. The van der Waals surface area contributed by atoms with Crippen molar-refractivity contribution in [1.29, 1.82) is 0 Å². The monoisotopic (exact) mass is 340 g/mol. The van der Waals surface area contributed by atoms with E-state index >= 15 is 0 Å². The van der Waals surface area contributed by atoms with Crippen molar-refractivity contribution in [3.8, 4) is 0 Å². The fourth-order valence-electron chi connectivity index (χ4n) is 4.41. The van der Waals surface area contributed by atoms with E-state index in [1.807, 2.05) is 20.8 Å². The molecular weight excluding hydrogens is 308 g/mol. The van der Waals surface area contributed by atoms with Gasteiger partial charge in [-0.1, -0.05) is 0 Å². The third kappa shape index (κ3) is 3.21. The molecule has 6 nitrogen and oxygen atoms in total. The molecule has 2 heterocycles. The van der Waals surface area contributed by atoms with Gasteiger partial charge >= 0.3 is 0 Å². The number of hydrogen-bond acceptors (Lipinski definition) is 5. The molecule has 1 aliphatic carbocycles. The number of nitrogens with zero attached hydrogens (tertiary/aromatic N) is 1. The van der Waals surface area contributed by atoms with E-state index in [1.54, 1.807) is 0 Å².